The maximum Gasteiger partial charge on any atom is 0.283 e. The van der Waals surface area contributed by atoms with Gasteiger partial charge in [0.1, 0.15) is 35.3 Å². The maximum absolute atomic E-state index is 16.1. The summed E-state index contributed by atoms with van der Waals surface area (Å²) >= 11 is 0. The number of pyridine rings is 2. The molecule has 4 aromatic rings. The number of likely N-dealkylation sites (N-methyl/N-ethyl adjacent to an activating group) is 1. The molecule has 1 N–H and O–H groups in total. The molecule has 2 aliphatic rings. The molecule has 2 amide bonds. The number of hydrogen-bond acceptors (Lipinski definition) is 8. The first-order valence-electron chi connectivity index (χ1n) is 14.0. The van der Waals surface area contributed by atoms with Crippen LogP contribution in [0.15, 0.2) is 48.0 Å². The van der Waals surface area contributed by atoms with E-state index in [2.05, 4.69) is 21.5 Å². The summed E-state index contributed by atoms with van der Waals surface area (Å²) in [6.07, 6.45) is 2.55. The second-order valence-electron chi connectivity index (χ2n) is 11.1. The lowest BCUT2D eigenvalue weighted by atomic mass is 10.00. The van der Waals surface area contributed by atoms with E-state index in [0.717, 1.165) is 12.1 Å². The van der Waals surface area contributed by atoms with Crippen molar-refractivity contribution >= 4 is 34.2 Å². The van der Waals surface area contributed by atoms with Crippen molar-refractivity contribution in [2.45, 2.75) is 32.7 Å². The number of carbonyl (C=O) groups excluding carboxylic acids is 2. The van der Waals surface area contributed by atoms with E-state index in [-0.39, 0.29) is 53.9 Å². The van der Waals surface area contributed by atoms with E-state index in [1.54, 1.807) is 11.8 Å². The number of carbonyl (C=O) groups is 2. The van der Waals surface area contributed by atoms with E-state index in [1.807, 2.05) is 13.8 Å². The summed E-state index contributed by atoms with van der Waals surface area (Å²) in [6, 6.07) is 3.83. The van der Waals surface area contributed by atoms with Crippen LogP contribution in [0.5, 0.6) is 5.75 Å². The fourth-order valence-corrected chi connectivity index (χ4v) is 6.09. The van der Waals surface area contributed by atoms with Crippen molar-refractivity contribution in [2.75, 3.05) is 36.5 Å². The lowest BCUT2D eigenvalue weighted by molar-refractivity contribution is -0.128. The number of aryl methyl sites for hydroxylation is 1. The Hall–Kier alpha value is -5.20. The minimum absolute atomic E-state index is 0.0112. The zero-order valence-corrected chi connectivity index (χ0v) is 24.5. The van der Waals surface area contributed by atoms with Crippen LogP contribution in [-0.2, 0) is 9.59 Å². The van der Waals surface area contributed by atoms with Crippen LogP contribution in [0.2, 0.25) is 0 Å². The topological polar surface area (TPSA) is 125 Å². The molecule has 1 saturated heterocycles. The van der Waals surface area contributed by atoms with Crippen molar-refractivity contribution in [1.82, 2.24) is 24.4 Å². The second kappa shape index (κ2) is 10.5. The molecule has 0 aliphatic carbocycles. The molecule has 1 aromatic carbocycles. The standard InChI is InChI=1S/C31H29F2N7O4/c1-6-22(42)38-10-11-39-20(13-38)30(43)37(5)28-27(39)17-12-19(33)25(23-18(32)8-7-9-21(23)41)36-29(17)40(31(28)44)26-16(4)34-14-35-24(26)15(2)3/h6-9,12,14-15,20,41H,1,10-11,13H2,2-5H3/t20-/m1/s1. The minimum atomic E-state index is -0.952. The summed E-state index contributed by atoms with van der Waals surface area (Å²) < 4.78 is 32.3. The number of hydrogen-bond donors (Lipinski definition) is 1. The molecule has 0 bridgehead atoms. The van der Waals surface area contributed by atoms with E-state index < -0.39 is 46.1 Å². The number of amides is 2. The molecule has 226 valence electrons. The van der Waals surface area contributed by atoms with Gasteiger partial charge in [-0.15, -0.1) is 0 Å². The highest BCUT2D eigenvalue weighted by atomic mass is 19.1. The number of fused-ring (bicyclic) bond motifs is 5. The van der Waals surface area contributed by atoms with Gasteiger partial charge in [0.05, 0.1) is 34.9 Å². The smallest absolute Gasteiger partial charge is 0.283 e. The predicted molar refractivity (Wildman–Crippen MR) is 160 cm³/mol. The number of aromatic nitrogens is 4. The van der Waals surface area contributed by atoms with Gasteiger partial charge in [-0.25, -0.2) is 23.7 Å². The summed E-state index contributed by atoms with van der Waals surface area (Å²) in [7, 11) is 1.46. The molecule has 6 rings (SSSR count). The van der Waals surface area contributed by atoms with Crippen molar-refractivity contribution in [1.29, 1.82) is 0 Å². The molecule has 5 heterocycles. The summed E-state index contributed by atoms with van der Waals surface area (Å²) in [5, 5.41) is 10.7. The first kappa shape index (κ1) is 28.9. The van der Waals surface area contributed by atoms with Crippen LogP contribution in [-0.4, -0.2) is 74.1 Å². The Labute approximate surface area is 250 Å². The van der Waals surface area contributed by atoms with Gasteiger partial charge in [0.25, 0.3) is 11.5 Å². The minimum Gasteiger partial charge on any atom is -0.507 e. The third-order valence-electron chi connectivity index (χ3n) is 8.19. The Kier molecular flexibility index (Phi) is 6.90. The van der Waals surface area contributed by atoms with Gasteiger partial charge in [-0.05, 0) is 37.1 Å². The first-order chi connectivity index (χ1) is 21.0. The molecular formula is C31H29F2N7O4. The number of phenols is 1. The van der Waals surface area contributed by atoms with Gasteiger partial charge in [-0.2, -0.15) is 0 Å². The number of nitrogens with zero attached hydrogens (tertiary/aromatic N) is 7. The summed E-state index contributed by atoms with van der Waals surface area (Å²) in [4.78, 5) is 58.4. The Balaban J connectivity index is 1.75. The van der Waals surface area contributed by atoms with E-state index >= 15 is 8.78 Å². The molecule has 0 radical (unpaired) electrons. The van der Waals surface area contributed by atoms with Crippen LogP contribution in [0, 0.1) is 18.6 Å². The summed E-state index contributed by atoms with van der Waals surface area (Å²) in [5.74, 6) is -3.33. The van der Waals surface area contributed by atoms with Crippen LogP contribution in [0.3, 0.4) is 0 Å². The highest BCUT2D eigenvalue weighted by Gasteiger charge is 2.44. The van der Waals surface area contributed by atoms with Gasteiger partial charge in [0.2, 0.25) is 5.91 Å². The van der Waals surface area contributed by atoms with Crippen LogP contribution >= 0.6 is 0 Å². The maximum atomic E-state index is 16.1. The fraction of sp³-hybridized carbons (Fsp3) is 0.290. The Bertz CT molecular complexity index is 1940. The molecule has 1 atom stereocenters. The zero-order chi connectivity index (χ0) is 31.6. The number of phenolic OH excluding ortho intramolecular Hbond substituents is 1. The number of aromatic hydroxyl groups is 1. The predicted octanol–water partition coefficient (Wildman–Crippen LogP) is 3.44. The van der Waals surface area contributed by atoms with Gasteiger partial charge in [-0.3, -0.25) is 19.0 Å². The first-order valence-corrected chi connectivity index (χ1v) is 14.0. The number of piperazine rings is 1. The number of anilines is 2. The highest BCUT2D eigenvalue weighted by Crippen LogP contribution is 2.43. The molecule has 13 heteroatoms. The van der Waals surface area contributed by atoms with Gasteiger partial charge < -0.3 is 19.8 Å². The van der Waals surface area contributed by atoms with Gasteiger partial charge >= 0.3 is 0 Å². The van der Waals surface area contributed by atoms with Crippen molar-refractivity contribution in [3.63, 3.8) is 0 Å². The van der Waals surface area contributed by atoms with Crippen molar-refractivity contribution in [3.8, 4) is 22.7 Å². The normalized spacial score (nSPS) is 16.4. The number of rotatable bonds is 4. The third kappa shape index (κ3) is 4.21. The van der Waals surface area contributed by atoms with Gasteiger partial charge in [-0.1, -0.05) is 26.5 Å². The monoisotopic (exact) mass is 601 g/mol. The molecule has 1 fully saturated rings. The zero-order valence-electron chi connectivity index (χ0n) is 24.5. The average molecular weight is 602 g/mol. The second-order valence-corrected chi connectivity index (χ2v) is 11.1. The van der Waals surface area contributed by atoms with Crippen molar-refractivity contribution in [3.05, 3.63) is 76.6 Å². The third-order valence-corrected chi connectivity index (χ3v) is 8.19. The highest BCUT2D eigenvalue weighted by molar-refractivity contribution is 6.12. The SMILES string of the molecule is C=CC(=O)N1CCN2c3c(c(=O)n(-c4c(C)ncnc4C(C)C)c4nc(-c5c(O)cccc5F)c(F)cc34)N(C)C(=O)[C@H]2C1. The van der Waals surface area contributed by atoms with Crippen LogP contribution < -0.4 is 15.4 Å². The quantitative estimate of drug-likeness (QED) is 0.353. The molecule has 2 aliphatic heterocycles. The van der Waals surface area contributed by atoms with Gasteiger partial charge in [0, 0.05) is 25.5 Å². The molecule has 11 nitrogen and oxygen atoms in total. The van der Waals surface area contributed by atoms with Crippen LogP contribution in [0.4, 0.5) is 20.2 Å². The number of halogens is 2. The van der Waals surface area contributed by atoms with Crippen molar-refractivity contribution < 1.29 is 23.5 Å². The van der Waals surface area contributed by atoms with E-state index in [9.17, 15) is 19.5 Å². The molecule has 0 saturated carbocycles. The lowest BCUT2D eigenvalue weighted by Crippen LogP contribution is -2.63. The van der Waals surface area contributed by atoms with E-state index in [0.29, 0.717) is 17.1 Å². The Morgan fingerprint density at radius 1 is 1.11 bits per heavy atom. The number of benzene rings is 1. The van der Waals surface area contributed by atoms with Crippen LogP contribution in [0.25, 0.3) is 28.0 Å². The van der Waals surface area contributed by atoms with E-state index in [4.69, 9.17) is 0 Å². The van der Waals surface area contributed by atoms with Gasteiger partial charge in [0.15, 0.2) is 11.5 Å². The summed E-state index contributed by atoms with van der Waals surface area (Å²) in [5.41, 5.74) is -0.178. The molecule has 0 spiro atoms. The molecular weight excluding hydrogens is 572 g/mol. The van der Waals surface area contributed by atoms with Crippen LogP contribution in [0.1, 0.15) is 31.2 Å². The summed E-state index contributed by atoms with van der Waals surface area (Å²) in [6.45, 7) is 9.41. The lowest BCUT2D eigenvalue weighted by Gasteiger charge is -2.47. The Morgan fingerprint density at radius 2 is 1.86 bits per heavy atom. The molecule has 44 heavy (non-hydrogen) atoms. The van der Waals surface area contributed by atoms with E-state index in [1.165, 1.54) is 46.0 Å². The van der Waals surface area contributed by atoms with Crippen molar-refractivity contribution in [2.24, 2.45) is 0 Å². The Morgan fingerprint density at radius 3 is 2.55 bits per heavy atom. The average Bonchev–Trinajstić information content (AvgIpc) is 2.99. The molecule has 0 unspecified atom stereocenters. The largest absolute Gasteiger partial charge is 0.507 e. The fourth-order valence-electron chi connectivity index (χ4n) is 6.09. The molecule has 3 aromatic heterocycles.